The summed E-state index contributed by atoms with van der Waals surface area (Å²) in [7, 11) is -0.978. The minimum Gasteiger partial charge on any atom is -0.445 e. The lowest BCUT2D eigenvalue weighted by Crippen LogP contribution is -2.64. The summed E-state index contributed by atoms with van der Waals surface area (Å²) < 4.78 is 11.8. The Morgan fingerprint density at radius 1 is 1.04 bits per heavy atom. The van der Waals surface area contributed by atoms with E-state index in [4.69, 9.17) is 14.2 Å². The lowest BCUT2D eigenvalue weighted by molar-refractivity contribution is -0.147. The number of carbonyl (C=O) groups is 2. The van der Waals surface area contributed by atoms with Crippen LogP contribution >= 0.6 is 0 Å². The van der Waals surface area contributed by atoms with Crippen molar-refractivity contribution in [2.75, 3.05) is 19.7 Å². The molecule has 0 unspecified atom stereocenters. The average Bonchev–Trinajstić information content (AvgIpc) is 3.03. The van der Waals surface area contributed by atoms with Gasteiger partial charge in [0.2, 0.25) is 5.91 Å². The van der Waals surface area contributed by atoms with Crippen LogP contribution in [0.5, 0.6) is 0 Å². The highest BCUT2D eigenvalue weighted by atomic mass is 28.2. The van der Waals surface area contributed by atoms with Crippen molar-refractivity contribution in [3.8, 4) is 6.07 Å². The molecular formula is C36H42N4O4Si. The fraction of sp³-hybridized carbons (Fsp3) is 0.333. The quantitative estimate of drug-likeness (QED) is 0.153. The van der Waals surface area contributed by atoms with Crippen LogP contribution in [0.1, 0.15) is 56.9 Å². The van der Waals surface area contributed by atoms with Crippen molar-refractivity contribution in [2.45, 2.75) is 57.8 Å². The lowest BCUT2D eigenvalue weighted by Gasteiger charge is -2.48. The Balaban J connectivity index is 1.72. The van der Waals surface area contributed by atoms with Crippen molar-refractivity contribution < 1.29 is 18.8 Å². The molecule has 3 aromatic carbocycles. The number of rotatable bonds is 10. The molecule has 2 amide bonds. The molecular weight excluding hydrogens is 581 g/mol. The predicted octanol–water partition coefficient (Wildman–Crippen LogP) is 6.16. The molecule has 1 aliphatic heterocycles. The molecule has 0 aliphatic carbocycles. The summed E-state index contributed by atoms with van der Waals surface area (Å²) in [4.78, 5) is 34.8. The smallest absolute Gasteiger partial charge is 0.410 e. The van der Waals surface area contributed by atoms with Crippen LogP contribution in [0.3, 0.4) is 0 Å². The van der Waals surface area contributed by atoms with Gasteiger partial charge in [-0.15, -0.1) is 0 Å². The van der Waals surface area contributed by atoms with Gasteiger partial charge in [0.15, 0.2) is 9.76 Å². The van der Waals surface area contributed by atoms with Crippen LogP contribution in [-0.2, 0) is 20.5 Å². The second kappa shape index (κ2) is 14.5. The summed E-state index contributed by atoms with van der Waals surface area (Å²) in [6.07, 6.45) is 0.947. The largest absolute Gasteiger partial charge is 0.445 e. The molecule has 0 saturated carbocycles. The van der Waals surface area contributed by atoms with Gasteiger partial charge >= 0.3 is 6.09 Å². The van der Waals surface area contributed by atoms with Crippen LogP contribution in [0.25, 0.3) is 0 Å². The molecule has 0 bridgehead atoms. The predicted molar refractivity (Wildman–Crippen MR) is 180 cm³/mol. The van der Waals surface area contributed by atoms with Gasteiger partial charge in [0.05, 0.1) is 28.6 Å². The van der Waals surface area contributed by atoms with Crippen molar-refractivity contribution >= 4 is 33.2 Å². The second-order valence-electron chi connectivity index (χ2n) is 12.9. The second-order valence-corrected chi connectivity index (χ2v) is 15.6. The third-order valence-corrected chi connectivity index (χ3v) is 9.30. The molecule has 0 radical (unpaired) electrons. The molecule has 1 saturated heterocycles. The minimum atomic E-state index is -0.978. The zero-order valence-electron chi connectivity index (χ0n) is 26.8. The van der Waals surface area contributed by atoms with Crippen LogP contribution in [0, 0.1) is 11.3 Å². The van der Waals surface area contributed by atoms with E-state index in [9.17, 15) is 14.9 Å². The Morgan fingerprint density at radius 3 is 2.22 bits per heavy atom. The highest BCUT2D eigenvalue weighted by Crippen LogP contribution is 2.31. The van der Waals surface area contributed by atoms with E-state index < -0.39 is 27.5 Å². The molecule has 45 heavy (non-hydrogen) atoms. The van der Waals surface area contributed by atoms with Gasteiger partial charge in [-0.25, -0.2) is 9.79 Å². The van der Waals surface area contributed by atoms with Gasteiger partial charge in [-0.05, 0) is 36.6 Å². The Morgan fingerprint density at radius 2 is 1.67 bits per heavy atom. The fourth-order valence-electron chi connectivity index (χ4n) is 5.12. The van der Waals surface area contributed by atoms with Crippen LogP contribution in [0.15, 0.2) is 96.5 Å². The number of amides is 2. The van der Waals surface area contributed by atoms with Crippen LogP contribution in [0.4, 0.5) is 10.5 Å². The summed E-state index contributed by atoms with van der Waals surface area (Å²) in [5.41, 5.74) is 3.63. The minimum absolute atomic E-state index is 0.0403. The third kappa shape index (κ3) is 8.78. The molecule has 234 valence electrons. The maximum absolute atomic E-state index is 13.7. The fourth-order valence-corrected chi connectivity index (χ4v) is 6.12. The normalized spacial score (nSPS) is 15.6. The zero-order chi connectivity index (χ0) is 32.6. The van der Waals surface area contributed by atoms with Crippen molar-refractivity contribution in [3.63, 3.8) is 0 Å². The number of carbonyl (C=O) groups excluding carboxylic acids is 2. The molecule has 1 atom stereocenters. The number of benzene rings is 3. The Hall–Kier alpha value is -4.52. The van der Waals surface area contributed by atoms with Gasteiger partial charge < -0.3 is 14.1 Å². The highest BCUT2D eigenvalue weighted by molar-refractivity contribution is 6.31. The standard InChI is InChI=1S/C36H42N4O4Si/c1-7-20-43-34(42)39-24-31(36(5,6)44-45-35(2,3)4)40(32(41)25-39)23-26-18-19-29(22-37)30(21-26)38-33(27-14-10-8-11-15-27)28-16-12-9-13-17-28/h7-19,21,31H,1,20,23-25,45H2,2-6H3/t31-/m1/s1. The van der Waals surface area contributed by atoms with E-state index in [0.717, 1.165) is 22.4 Å². The van der Waals surface area contributed by atoms with Crippen LogP contribution < -0.4 is 0 Å². The van der Waals surface area contributed by atoms with Gasteiger partial charge in [-0.3, -0.25) is 9.69 Å². The number of nitrogens with zero attached hydrogens (tertiary/aromatic N) is 4. The van der Waals surface area contributed by atoms with Gasteiger partial charge in [-0.2, -0.15) is 5.26 Å². The van der Waals surface area contributed by atoms with E-state index in [1.807, 2.05) is 86.6 Å². The van der Waals surface area contributed by atoms with Crippen molar-refractivity contribution in [2.24, 2.45) is 4.99 Å². The van der Waals surface area contributed by atoms with Gasteiger partial charge in [0.25, 0.3) is 0 Å². The number of aliphatic imine (C=N–C) groups is 1. The number of hydrogen-bond acceptors (Lipinski definition) is 6. The van der Waals surface area contributed by atoms with E-state index in [2.05, 4.69) is 33.4 Å². The van der Waals surface area contributed by atoms with Gasteiger partial charge in [0.1, 0.15) is 19.2 Å². The van der Waals surface area contributed by atoms with E-state index in [1.54, 1.807) is 11.0 Å². The highest BCUT2D eigenvalue weighted by Gasteiger charge is 2.44. The Kier molecular flexibility index (Phi) is 10.8. The van der Waals surface area contributed by atoms with E-state index in [1.165, 1.54) is 11.0 Å². The first kappa shape index (κ1) is 33.4. The van der Waals surface area contributed by atoms with E-state index in [0.29, 0.717) is 11.3 Å². The average molecular weight is 623 g/mol. The first-order valence-corrected chi connectivity index (χ1v) is 16.4. The maximum Gasteiger partial charge on any atom is 0.410 e. The molecule has 1 aliphatic rings. The monoisotopic (exact) mass is 622 g/mol. The Labute approximate surface area is 268 Å². The van der Waals surface area contributed by atoms with Crippen molar-refractivity contribution in [3.05, 3.63) is 114 Å². The zero-order valence-corrected chi connectivity index (χ0v) is 28.2. The van der Waals surface area contributed by atoms with E-state index >= 15 is 0 Å². The maximum atomic E-state index is 13.7. The number of ether oxygens (including phenoxy) is 1. The SMILES string of the molecule is C=CCOC(=O)N1CC(=O)N(Cc2ccc(C#N)c(N=C(c3ccccc3)c3ccccc3)c2)[C@@H](C(C)(C)O[SiH2]C(C)(C)C)C1. The Bertz CT molecular complexity index is 1530. The van der Waals surface area contributed by atoms with Crippen molar-refractivity contribution in [1.29, 1.82) is 5.26 Å². The summed E-state index contributed by atoms with van der Waals surface area (Å²) in [6, 6.07) is 27.0. The molecule has 1 heterocycles. The van der Waals surface area contributed by atoms with Crippen LogP contribution in [0.2, 0.25) is 5.04 Å². The topological polar surface area (TPSA) is 95.2 Å². The first-order chi connectivity index (χ1) is 21.4. The first-order valence-electron chi connectivity index (χ1n) is 15.1. The number of piperazine rings is 1. The molecule has 8 nitrogen and oxygen atoms in total. The van der Waals surface area contributed by atoms with E-state index in [-0.39, 0.29) is 37.2 Å². The molecule has 0 aromatic heterocycles. The summed E-state index contributed by atoms with van der Waals surface area (Å²) in [5.74, 6) is -0.209. The summed E-state index contributed by atoms with van der Waals surface area (Å²) >= 11 is 0. The molecule has 1 fully saturated rings. The molecule has 0 spiro atoms. The third-order valence-electron chi connectivity index (χ3n) is 7.54. The molecule has 9 heteroatoms. The molecule has 0 N–H and O–H groups in total. The van der Waals surface area contributed by atoms with Gasteiger partial charge in [-0.1, -0.05) is 100 Å². The summed E-state index contributed by atoms with van der Waals surface area (Å²) in [5, 5.41) is 10.0. The number of nitriles is 1. The van der Waals surface area contributed by atoms with Crippen LogP contribution in [-0.4, -0.2) is 68.6 Å². The summed E-state index contributed by atoms with van der Waals surface area (Å²) in [6.45, 7) is 14.5. The van der Waals surface area contributed by atoms with Gasteiger partial charge in [0, 0.05) is 24.2 Å². The number of hydrogen-bond donors (Lipinski definition) is 0. The molecule has 4 rings (SSSR count). The lowest BCUT2D eigenvalue weighted by atomic mass is 9.93. The van der Waals surface area contributed by atoms with Crippen molar-refractivity contribution in [1.82, 2.24) is 9.80 Å². The molecule has 3 aromatic rings.